The molecule has 0 aromatic heterocycles. The topological polar surface area (TPSA) is 46.6 Å². The Morgan fingerprint density at radius 2 is 1.52 bits per heavy atom. The number of ether oxygens (including phenoxy) is 1. The molecule has 4 heteroatoms. The summed E-state index contributed by atoms with van der Waals surface area (Å²) in [6.45, 7) is 4.67. The Labute approximate surface area is 196 Å². The summed E-state index contributed by atoms with van der Waals surface area (Å²) in [5, 5.41) is 0. The first-order valence-corrected chi connectivity index (χ1v) is 11.7. The summed E-state index contributed by atoms with van der Waals surface area (Å²) in [6, 6.07) is 27.9. The summed E-state index contributed by atoms with van der Waals surface area (Å²) in [6.07, 6.45) is 1.58. The van der Waals surface area contributed by atoms with Crippen molar-refractivity contribution in [3.8, 4) is 0 Å². The quantitative estimate of drug-likeness (QED) is 0.359. The molecule has 0 radical (unpaired) electrons. The highest BCUT2D eigenvalue weighted by molar-refractivity contribution is 6.03. The number of aryl methyl sites for hydroxylation is 1. The van der Waals surface area contributed by atoms with E-state index in [1.165, 1.54) is 0 Å². The van der Waals surface area contributed by atoms with Crippen LogP contribution in [0.5, 0.6) is 0 Å². The predicted molar refractivity (Wildman–Crippen MR) is 130 cm³/mol. The Kier molecular flexibility index (Phi) is 6.93. The summed E-state index contributed by atoms with van der Waals surface area (Å²) >= 11 is 0. The van der Waals surface area contributed by atoms with Gasteiger partial charge in [-0.1, -0.05) is 90.5 Å². The number of amides is 1. The van der Waals surface area contributed by atoms with Crippen LogP contribution in [-0.2, 0) is 20.7 Å². The Balaban J connectivity index is 1.77. The molecule has 1 amide bonds. The first kappa shape index (κ1) is 22.8. The van der Waals surface area contributed by atoms with Crippen molar-refractivity contribution in [2.45, 2.75) is 39.2 Å². The average molecular weight is 442 g/mol. The van der Waals surface area contributed by atoms with Crippen LogP contribution in [0.3, 0.4) is 0 Å². The number of piperidine rings is 1. The van der Waals surface area contributed by atoms with Gasteiger partial charge in [0.15, 0.2) is 5.41 Å². The first-order valence-electron chi connectivity index (χ1n) is 11.7. The summed E-state index contributed by atoms with van der Waals surface area (Å²) in [4.78, 5) is 29.5. The van der Waals surface area contributed by atoms with Crippen LogP contribution < -0.4 is 0 Å². The Bertz CT molecular complexity index is 1040. The van der Waals surface area contributed by atoms with E-state index in [1.54, 1.807) is 6.92 Å². The molecule has 170 valence electrons. The van der Waals surface area contributed by atoms with Crippen LogP contribution in [0.15, 0.2) is 84.9 Å². The van der Waals surface area contributed by atoms with E-state index < -0.39 is 11.4 Å². The molecule has 1 unspecified atom stereocenters. The van der Waals surface area contributed by atoms with Crippen LogP contribution in [0.2, 0.25) is 0 Å². The molecule has 0 aliphatic carbocycles. The van der Waals surface area contributed by atoms with Crippen LogP contribution in [-0.4, -0.2) is 29.9 Å². The van der Waals surface area contributed by atoms with E-state index in [2.05, 4.69) is 0 Å². The van der Waals surface area contributed by atoms with Gasteiger partial charge in [0.05, 0.1) is 12.6 Å². The molecule has 4 nitrogen and oxygen atoms in total. The third-order valence-corrected chi connectivity index (χ3v) is 6.51. The maximum absolute atomic E-state index is 14.2. The molecule has 1 fully saturated rings. The van der Waals surface area contributed by atoms with Crippen LogP contribution >= 0.6 is 0 Å². The van der Waals surface area contributed by atoms with Gasteiger partial charge in [-0.2, -0.15) is 0 Å². The molecule has 0 bridgehead atoms. The van der Waals surface area contributed by atoms with Gasteiger partial charge < -0.3 is 9.64 Å². The lowest BCUT2D eigenvalue weighted by atomic mass is 9.73. The number of likely N-dealkylation sites (tertiary alicyclic amines) is 1. The molecule has 3 aromatic carbocycles. The third kappa shape index (κ3) is 4.70. The second kappa shape index (κ2) is 10.0. The van der Waals surface area contributed by atoms with Gasteiger partial charge in [0.1, 0.15) is 0 Å². The molecule has 1 saturated heterocycles. The smallest absolute Gasteiger partial charge is 0.321 e. The molecule has 1 aliphatic heterocycles. The predicted octanol–water partition coefficient (Wildman–Crippen LogP) is 5.50. The van der Waals surface area contributed by atoms with Crippen LogP contribution in [0.25, 0.3) is 0 Å². The fourth-order valence-corrected chi connectivity index (χ4v) is 4.85. The standard InChI is InChI=1S/C29H31NO3/c1-3-33-28(32)29(21-23-17-15-22(2)16-18-23)19-10-20-30(27(29)31)26(24-11-6-4-7-12-24)25-13-8-5-9-14-25/h4-9,11-18,26H,3,10,19-21H2,1-2H3. The van der Waals surface area contributed by atoms with Crippen molar-refractivity contribution >= 4 is 11.9 Å². The minimum Gasteiger partial charge on any atom is -0.465 e. The maximum atomic E-state index is 14.2. The van der Waals surface area contributed by atoms with Crippen molar-refractivity contribution in [3.05, 3.63) is 107 Å². The van der Waals surface area contributed by atoms with E-state index >= 15 is 0 Å². The van der Waals surface area contributed by atoms with E-state index in [9.17, 15) is 9.59 Å². The fourth-order valence-electron chi connectivity index (χ4n) is 4.85. The SMILES string of the molecule is CCOC(=O)C1(Cc2ccc(C)cc2)CCCN(C(c2ccccc2)c2ccccc2)C1=O. The van der Waals surface area contributed by atoms with Crippen molar-refractivity contribution in [1.29, 1.82) is 0 Å². The minimum absolute atomic E-state index is 0.148. The fraction of sp³-hybridized carbons (Fsp3) is 0.310. The van der Waals surface area contributed by atoms with Crippen LogP contribution in [0.1, 0.15) is 48.1 Å². The first-order chi connectivity index (χ1) is 16.0. The van der Waals surface area contributed by atoms with Crippen molar-refractivity contribution in [1.82, 2.24) is 4.90 Å². The van der Waals surface area contributed by atoms with Crippen molar-refractivity contribution < 1.29 is 14.3 Å². The summed E-state index contributed by atoms with van der Waals surface area (Å²) in [5.41, 5.74) is 2.97. The maximum Gasteiger partial charge on any atom is 0.321 e. The van der Waals surface area contributed by atoms with Gasteiger partial charge in [0, 0.05) is 6.54 Å². The van der Waals surface area contributed by atoms with E-state index in [4.69, 9.17) is 4.74 Å². The Morgan fingerprint density at radius 1 is 0.939 bits per heavy atom. The zero-order valence-electron chi connectivity index (χ0n) is 19.4. The number of esters is 1. The van der Waals surface area contributed by atoms with E-state index in [-0.39, 0.29) is 18.6 Å². The largest absolute Gasteiger partial charge is 0.465 e. The summed E-state index contributed by atoms with van der Waals surface area (Å²) < 4.78 is 5.50. The molecular weight excluding hydrogens is 410 g/mol. The Hall–Kier alpha value is -3.40. The highest BCUT2D eigenvalue weighted by Crippen LogP contribution is 2.41. The van der Waals surface area contributed by atoms with Gasteiger partial charge in [0.2, 0.25) is 5.91 Å². The van der Waals surface area contributed by atoms with Crippen molar-refractivity contribution in [2.24, 2.45) is 5.41 Å². The second-order valence-electron chi connectivity index (χ2n) is 8.79. The lowest BCUT2D eigenvalue weighted by molar-refractivity contribution is -0.169. The molecule has 0 N–H and O–H groups in total. The molecule has 4 rings (SSSR count). The average Bonchev–Trinajstić information content (AvgIpc) is 2.84. The zero-order chi connectivity index (χ0) is 23.3. The number of hydrogen-bond donors (Lipinski definition) is 0. The van der Waals surface area contributed by atoms with Gasteiger partial charge in [-0.15, -0.1) is 0 Å². The minimum atomic E-state index is -1.22. The Morgan fingerprint density at radius 3 is 2.06 bits per heavy atom. The monoisotopic (exact) mass is 441 g/mol. The summed E-state index contributed by atoms with van der Waals surface area (Å²) in [7, 11) is 0. The highest BCUT2D eigenvalue weighted by atomic mass is 16.5. The van der Waals surface area contributed by atoms with E-state index in [1.807, 2.05) is 96.8 Å². The van der Waals surface area contributed by atoms with Gasteiger partial charge in [0.25, 0.3) is 0 Å². The molecule has 0 saturated carbocycles. The molecule has 0 spiro atoms. The number of carbonyl (C=O) groups is 2. The van der Waals surface area contributed by atoms with Crippen molar-refractivity contribution in [2.75, 3.05) is 13.2 Å². The normalized spacial score (nSPS) is 18.4. The second-order valence-corrected chi connectivity index (χ2v) is 8.79. The van der Waals surface area contributed by atoms with Crippen LogP contribution in [0.4, 0.5) is 0 Å². The van der Waals surface area contributed by atoms with E-state index in [0.29, 0.717) is 19.4 Å². The lowest BCUT2D eigenvalue weighted by Crippen LogP contribution is -2.55. The summed E-state index contributed by atoms with van der Waals surface area (Å²) in [5.74, 6) is -0.564. The van der Waals surface area contributed by atoms with Crippen LogP contribution in [0, 0.1) is 12.3 Å². The third-order valence-electron chi connectivity index (χ3n) is 6.51. The molecule has 33 heavy (non-hydrogen) atoms. The lowest BCUT2D eigenvalue weighted by Gasteiger charge is -2.44. The molecular formula is C29H31NO3. The molecule has 1 aliphatic rings. The zero-order valence-corrected chi connectivity index (χ0v) is 19.4. The van der Waals surface area contributed by atoms with Crippen molar-refractivity contribution in [3.63, 3.8) is 0 Å². The highest BCUT2D eigenvalue weighted by Gasteiger charge is 2.52. The molecule has 1 atom stereocenters. The van der Waals surface area contributed by atoms with Gasteiger partial charge in [-0.05, 0) is 49.8 Å². The molecule has 3 aromatic rings. The molecule has 1 heterocycles. The van der Waals surface area contributed by atoms with E-state index in [0.717, 1.165) is 28.7 Å². The number of carbonyl (C=O) groups excluding carboxylic acids is 2. The van der Waals surface area contributed by atoms with Gasteiger partial charge in [-0.25, -0.2) is 0 Å². The number of rotatable bonds is 7. The number of nitrogens with zero attached hydrogens (tertiary/aromatic N) is 1. The number of benzene rings is 3. The van der Waals surface area contributed by atoms with Gasteiger partial charge in [-0.3, -0.25) is 9.59 Å². The number of hydrogen-bond acceptors (Lipinski definition) is 3. The van der Waals surface area contributed by atoms with Gasteiger partial charge >= 0.3 is 5.97 Å².